The van der Waals surface area contributed by atoms with Crippen LogP contribution in [0, 0.1) is 0 Å². The zero-order valence-corrected chi connectivity index (χ0v) is 5.63. The summed E-state index contributed by atoms with van der Waals surface area (Å²) in [6.45, 7) is 4.08. The van der Waals surface area contributed by atoms with Gasteiger partial charge in [-0.3, -0.25) is 4.79 Å². The van der Waals surface area contributed by atoms with E-state index < -0.39 is 0 Å². The summed E-state index contributed by atoms with van der Waals surface area (Å²) >= 11 is 0. The molecule has 0 amide bonds. The first-order valence-corrected chi connectivity index (χ1v) is 2.74. The van der Waals surface area contributed by atoms with Crippen LogP contribution in [-0.2, 0) is 9.53 Å². The molecule has 0 rings (SSSR count). The third-order valence-electron chi connectivity index (χ3n) is 0.800. The second-order valence-corrected chi connectivity index (χ2v) is 1.41. The number of hydrogen-bond acceptors (Lipinski definition) is 2. The van der Waals surface area contributed by atoms with Crippen LogP contribution in [0.1, 0.15) is 13.8 Å². The molecule has 0 saturated heterocycles. The molecule has 0 aliphatic heterocycles. The number of rotatable bonds is 3. The molecule has 0 spiro atoms. The van der Waals surface area contributed by atoms with E-state index in [1.807, 2.05) is 6.92 Å². The van der Waals surface area contributed by atoms with Gasteiger partial charge in [-0.25, -0.2) is 0 Å². The summed E-state index contributed by atoms with van der Waals surface area (Å²) in [4.78, 5) is 9.75. The van der Waals surface area contributed by atoms with Crippen LogP contribution in [0.2, 0.25) is 0 Å². The van der Waals surface area contributed by atoms with Gasteiger partial charge in [-0.15, -0.1) is 0 Å². The summed E-state index contributed by atoms with van der Waals surface area (Å²) in [6, 6.07) is 0. The molecule has 2 nitrogen and oxygen atoms in total. The highest BCUT2D eigenvalue weighted by molar-refractivity contribution is 5.41. The SMILES string of the molecule is CC=CC(=CC)OC=O. The number of carbonyl (C=O) groups excluding carboxylic acids is 1. The monoisotopic (exact) mass is 126 g/mol. The maximum Gasteiger partial charge on any atom is 0.298 e. The fraction of sp³-hybridized carbons (Fsp3) is 0.286. The Kier molecular flexibility index (Phi) is 4.50. The van der Waals surface area contributed by atoms with Gasteiger partial charge in [-0.1, -0.05) is 6.08 Å². The van der Waals surface area contributed by atoms with E-state index in [4.69, 9.17) is 0 Å². The van der Waals surface area contributed by atoms with E-state index in [0.29, 0.717) is 12.2 Å². The van der Waals surface area contributed by atoms with Gasteiger partial charge in [-0.2, -0.15) is 0 Å². The molecule has 0 heterocycles. The number of ether oxygens (including phenoxy) is 1. The summed E-state index contributed by atoms with van der Waals surface area (Å²) in [5.41, 5.74) is 0. The first kappa shape index (κ1) is 7.95. The summed E-state index contributed by atoms with van der Waals surface area (Å²) in [5, 5.41) is 0. The summed E-state index contributed by atoms with van der Waals surface area (Å²) in [6.07, 6.45) is 5.24. The lowest BCUT2D eigenvalue weighted by atomic mass is 10.4. The van der Waals surface area contributed by atoms with Crippen molar-refractivity contribution in [2.24, 2.45) is 0 Å². The Labute approximate surface area is 54.8 Å². The molecule has 0 bridgehead atoms. The Balaban J connectivity index is 3.84. The van der Waals surface area contributed by atoms with Crippen molar-refractivity contribution in [1.29, 1.82) is 0 Å². The minimum absolute atomic E-state index is 0.412. The molecule has 0 aromatic carbocycles. The van der Waals surface area contributed by atoms with Crippen LogP contribution >= 0.6 is 0 Å². The van der Waals surface area contributed by atoms with Crippen molar-refractivity contribution in [3.05, 3.63) is 24.0 Å². The Hall–Kier alpha value is -1.05. The predicted octanol–water partition coefficient (Wildman–Crippen LogP) is 1.64. The maximum atomic E-state index is 9.75. The van der Waals surface area contributed by atoms with Crippen LogP contribution in [-0.4, -0.2) is 6.47 Å². The average molecular weight is 126 g/mol. The number of allylic oxidation sites excluding steroid dienone is 3. The van der Waals surface area contributed by atoms with Gasteiger partial charge < -0.3 is 4.74 Å². The lowest BCUT2D eigenvalue weighted by molar-refractivity contribution is -0.124. The molecule has 0 unspecified atom stereocenters. The minimum atomic E-state index is 0.412. The molecule has 0 aliphatic rings. The Morgan fingerprint density at radius 3 is 2.44 bits per heavy atom. The topological polar surface area (TPSA) is 26.3 Å². The Morgan fingerprint density at radius 2 is 2.11 bits per heavy atom. The maximum absolute atomic E-state index is 9.75. The van der Waals surface area contributed by atoms with Gasteiger partial charge in [0.05, 0.1) is 0 Å². The molecule has 0 saturated carbocycles. The lowest BCUT2D eigenvalue weighted by Crippen LogP contribution is -1.83. The lowest BCUT2D eigenvalue weighted by Gasteiger charge is -1.92. The number of carbonyl (C=O) groups is 1. The van der Waals surface area contributed by atoms with Gasteiger partial charge in [0.25, 0.3) is 6.47 Å². The Morgan fingerprint density at radius 1 is 1.44 bits per heavy atom. The first-order chi connectivity index (χ1) is 4.35. The zero-order chi connectivity index (χ0) is 7.11. The highest BCUT2D eigenvalue weighted by atomic mass is 16.5. The van der Waals surface area contributed by atoms with Crippen LogP contribution < -0.4 is 0 Å². The van der Waals surface area contributed by atoms with Gasteiger partial charge in [0.1, 0.15) is 5.76 Å². The molecule has 0 aliphatic carbocycles. The van der Waals surface area contributed by atoms with E-state index in [1.54, 1.807) is 25.2 Å². The van der Waals surface area contributed by atoms with Crippen LogP contribution in [0.4, 0.5) is 0 Å². The smallest absolute Gasteiger partial charge is 0.298 e. The molecule has 0 radical (unpaired) electrons. The second-order valence-electron chi connectivity index (χ2n) is 1.41. The fourth-order valence-corrected chi connectivity index (χ4v) is 0.423. The fourth-order valence-electron chi connectivity index (χ4n) is 0.423. The molecule has 0 N–H and O–H groups in total. The van der Waals surface area contributed by atoms with Gasteiger partial charge in [0, 0.05) is 0 Å². The van der Waals surface area contributed by atoms with Gasteiger partial charge in [-0.05, 0) is 26.0 Å². The van der Waals surface area contributed by atoms with Crippen molar-refractivity contribution in [3.63, 3.8) is 0 Å². The average Bonchev–Trinajstić information content (AvgIpc) is 1.88. The predicted molar refractivity (Wildman–Crippen MR) is 35.7 cm³/mol. The molecule has 50 valence electrons. The van der Waals surface area contributed by atoms with E-state index in [-0.39, 0.29) is 0 Å². The van der Waals surface area contributed by atoms with E-state index in [9.17, 15) is 4.79 Å². The van der Waals surface area contributed by atoms with E-state index in [1.165, 1.54) is 0 Å². The molecule has 0 aromatic heterocycles. The summed E-state index contributed by atoms with van der Waals surface area (Å²) in [5.74, 6) is 0.576. The van der Waals surface area contributed by atoms with E-state index >= 15 is 0 Å². The molecule has 9 heavy (non-hydrogen) atoms. The van der Waals surface area contributed by atoms with Crippen LogP contribution in [0.3, 0.4) is 0 Å². The van der Waals surface area contributed by atoms with E-state index in [0.717, 1.165) is 0 Å². The summed E-state index contributed by atoms with van der Waals surface area (Å²) in [7, 11) is 0. The van der Waals surface area contributed by atoms with Gasteiger partial charge in [0.2, 0.25) is 0 Å². The largest absolute Gasteiger partial charge is 0.429 e. The Bertz CT molecular complexity index is 134. The van der Waals surface area contributed by atoms with Crippen molar-refractivity contribution in [2.45, 2.75) is 13.8 Å². The van der Waals surface area contributed by atoms with Gasteiger partial charge >= 0.3 is 0 Å². The highest BCUT2D eigenvalue weighted by Gasteiger charge is 1.84. The van der Waals surface area contributed by atoms with Crippen molar-refractivity contribution >= 4 is 6.47 Å². The molecule has 0 fully saturated rings. The van der Waals surface area contributed by atoms with Gasteiger partial charge in [0.15, 0.2) is 0 Å². The second kappa shape index (κ2) is 5.09. The normalized spacial score (nSPS) is 12.0. The number of hydrogen-bond donors (Lipinski definition) is 0. The third-order valence-corrected chi connectivity index (χ3v) is 0.800. The molecule has 0 atom stereocenters. The zero-order valence-electron chi connectivity index (χ0n) is 5.63. The minimum Gasteiger partial charge on any atom is -0.429 e. The first-order valence-electron chi connectivity index (χ1n) is 2.74. The molecule has 2 heteroatoms. The van der Waals surface area contributed by atoms with Crippen LogP contribution in [0.15, 0.2) is 24.0 Å². The van der Waals surface area contributed by atoms with Crippen molar-refractivity contribution in [1.82, 2.24) is 0 Å². The highest BCUT2D eigenvalue weighted by Crippen LogP contribution is 1.95. The van der Waals surface area contributed by atoms with Crippen molar-refractivity contribution in [2.75, 3.05) is 0 Å². The molecule has 0 aromatic rings. The summed E-state index contributed by atoms with van der Waals surface area (Å²) < 4.78 is 4.53. The third kappa shape index (κ3) is 3.53. The molecular weight excluding hydrogens is 116 g/mol. The van der Waals surface area contributed by atoms with Crippen LogP contribution in [0.5, 0.6) is 0 Å². The van der Waals surface area contributed by atoms with E-state index in [2.05, 4.69) is 4.74 Å². The van der Waals surface area contributed by atoms with Crippen LogP contribution in [0.25, 0.3) is 0 Å². The standard InChI is InChI=1S/C7H10O2/c1-3-5-7(4-2)9-6-8/h3-6H,1-2H3. The van der Waals surface area contributed by atoms with Crippen molar-refractivity contribution in [3.8, 4) is 0 Å². The molecular formula is C7H10O2. The quantitative estimate of drug-likeness (QED) is 0.326. The van der Waals surface area contributed by atoms with Crippen molar-refractivity contribution < 1.29 is 9.53 Å².